The number of nitrogens with one attached hydrogen (secondary N) is 1. The summed E-state index contributed by atoms with van der Waals surface area (Å²) in [6.07, 6.45) is -0.647. The number of pyridine rings is 1. The maximum Gasteiger partial charge on any atom is 0.269 e. The Morgan fingerprint density at radius 2 is 2.31 bits per heavy atom. The molecule has 1 heterocycles. The van der Waals surface area contributed by atoms with Crippen molar-refractivity contribution >= 4 is 5.91 Å². The van der Waals surface area contributed by atoms with E-state index in [2.05, 4.69) is 10.3 Å². The van der Waals surface area contributed by atoms with Gasteiger partial charge in [-0.1, -0.05) is 6.07 Å². The van der Waals surface area contributed by atoms with E-state index >= 15 is 0 Å². The number of aliphatic hydroxyl groups excluding tert-OH is 1. The summed E-state index contributed by atoms with van der Waals surface area (Å²) < 4.78 is 0. The van der Waals surface area contributed by atoms with E-state index in [1.807, 2.05) is 13.0 Å². The van der Waals surface area contributed by atoms with Crippen LogP contribution in [0.2, 0.25) is 0 Å². The Kier molecular flexibility index (Phi) is 4.39. The molecule has 1 rings (SSSR count). The molecule has 0 aliphatic heterocycles. The molecular weight excluding hydrogens is 206 g/mol. The fourth-order valence-corrected chi connectivity index (χ4v) is 1.14. The van der Waals surface area contributed by atoms with Crippen LogP contribution in [0.25, 0.3) is 0 Å². The van der Waals surface area contributed by atoms with Crippen molar-refractivity contribution in [1.29, 1.82) is 0 Å². The van der Waals surface area contributed by atoms with Crippen LogP contribution in [0.3, 0.4) is 0 Å². The summed E-state index contributed by atoms with van der Waals surface area (Å²) in [7, 11) is 0. The summed E-state index contributed by atoms with van der Waals surface area (Å²) in [5.41, 5.74) is 6.73. The molecule has 0 saturated carbocycles. The number of carbonyl (C=O) groups is 1. The quantitative estimate of drug-likeness (QED) is 0.661. The van der Waals surface area contributed by atoms with Crippen molar-refractivity contribution in [1.82, 2.24) is 10.3 Å². The van der Waals surface area contributed by atoms with Crippen LogP contribution in [-0.2, 0) is 0 Å². The van der Waals surface area contributed by atoms with E-state index in [1.165, 1.54) is 0 Å². The number of carbonyl (C=O) groups excluding carboxylic acids is 1. The van der Waals surface area contributed by atoms with Crippen LogP contribution >= 0.6 is 0 Å². The van der Waals surface area contributed by atoms with Crippen LogP contribution in [-0.4, -0.2) is 34.7 Å². The van der Waals surface area contributed by atoms with Gasteiger partial charge in [0.25, 0.3) is 5.91 Å². The van der Waals surface area contributed by atoms with Gasteiger partial charge in [-0.15, -0.1) is 0 Å². The third-order valence-electron chi connectivity index (χ3n) is 2.24. The Morgan fingerprint density at radius 3 is 2.88 bits per heavy atom. The second-order valence-corrected chi connectivity index (χ2v) is 3.78. The molecule has 5 nitrogen and oxygen atoms in total. The van der Waals surface area contributed by atoms with Gasteiger partial charge in [-0.05, 0) is 26.0 Å². The van der Waals surface area contributed by atoms with Gasteiger partial charge in [0.1, 0.15) is 5.69 Å². The molecule has 0 aromatic carbocycles. The largest absolute Gasteiger partial charge is 0.392 e. The first-order chi connectivity index (χ1) is 7.50. The van der Waals surface area contributed by atoms with E-state index < -0.39 is 12.1 Å². The van der Waals surface area contributed by atoms with E-state index in [0.717, 1.165) is 5.69 Å². The van der Waals surface area contributed by atoms with Crippen molar-refractivity contribution in [3.8, 4) is 0 Å². The highest BCUT2D eigenvalue weighted by molar-refractivity contribution is 5.92. The average Bonchev–Trinajstić information content (AvgIpc) is 2.25. The summed E-state index contributed by atoms with van der Waals surface area (Å²) in [5.74, 6) is -0.278. The number of aromatic nitrogens is 1. The number of hydrogen-bond acceptors (Lipinski definition) is 4. The first-order valence-electron chi connectivity index (χ1n) is 5.16. The Balaban J connectivity index is 2.53. The lowest BCUT2D eigenvalue weighted by molar-refractivity contribution is 0.0932. The van der Waals surface area contributed by atoms with E-state index in [0.29, 0.717) is 5.69 Å². The highest BCUT2D eigenvalue weighted by Gasteiger charge is 2.12. The van der Waals surface area contributed by atoms with E-state index in [4.69, 9.17) is 10.8 Å². The van der Waals surface area contributed by atoms with Crippen molar-refractivity contribution in [3.05, 3.63) is 29.6 Å². The van der Waals surface area contributed by atoms with E-state index in [-0.39, 0.29) is 12.5 Å². The summed E-state index contributed by atoms with van der Waals surface area (Å²) in [4.78, 5) is 15.7. The highest BCUT2D eigenvalue weighted by atomic mass is 16.3. The predicted octanol–water partition coefficient (Wildman–Crippen LogP) is -0.172. The van der Waals surface area contributed by atoms with Gasteiger partial charge in [-0.25, -0.2) is 4.98 Å². The molecule has 1 aromatic rings. The van der Waals surface area contributed by atoms with Crippen LogP contribution in [0, 0.1) is 6.92 Å². The zero-order chi connectivity index (χ0) is 12.1. The number of hydrogen-bond donors (Lipinski definition) is 3. The van der Waals surface area contributed by atoms with Gasteiger partial charge in [-0.3, -0.25) is 4.79 Å². The zero-order valence-corrected chi connectivity index (χ0v) is 9.47. The van der Waals surface area contributed by atoms with Gasteiger partial charge in [0.05, 0.1) is 6.10 Å². The normalized spacial score (nSPS) is 14.2. The second kappa shape index (κ2) is 5.58. The van der Waals surface area contributed by atoms with Crippen LogP contribution in [0.5, 0.6) is 0 Å². The third kappa shape index (κ3) is 3.60. The Labute approximate surface area is 94.7 Å². The van der Waals surface area contributed by atoms with Crippen molar-refractivity contribution in [2.24, 2.45) is 5.73 Å². The molecule has 0 fully saturated rings. The zero-order valence-electron chi connectivity index (χ0n) is 9.47. The van der Waals surface area contributed by atoms with Crippen molar-refractivity contribution in [2.75, 3.05) is 6.54 Å². The van der Waals surface area contributed by atoms with Crippen LogP contribution in [0.15, 0.2) is 18.2 Å². The third-order valence-corrected chi connectivity index (χ3v) is 2.24. The van der Waals surface area contributed by atoms with Crippen molar-refractivity contribution in [3.63, 3.8) is 0 Å². The number of nitrogens with zero attached hydrogens (tertiary/aromatic N) is 1. The highest BCUT2D eigenvalue weighted by Crippen LogP contribution is 1.98. The lowest BCUT2D eigenvalue weighted by Crippen LogP contribution is -2.43. The van der Waals surface area contributed by atoms with Crippen LogP contribution in [0.1, 0.15) is 23.1 Å². The smallest absolute Gasteiger partial charge is 0.269 e. The summed E-state index contributed by atoms with van der Waals surface area (Å²) >= 11 is 0. The van der Waals surface area contributed by atoms with Crippen molar-refractivity contribution < 1.29 is 9.90 Å². The molecule has 1 aromatic heterocycles. The maximum absolute atomic E-state index is 11.6. The molecule has 1 amide bonds. The minimum Gasteiger partial charge on any atom is -0.392 e. The molecule has 16 heavy (non-hydrogen) atoms. The molecule has 0 saturated heterocycles. The standard InChI is InChI=1S/C11H17N3O2/c1-7-4-3-5-10(14-7)11(16)13-6-9(12)8(2)15/h3-5,8-9,15H,6,12H2,1-2H3,(H,13,16). The summed E-state index contributed by atoms with van der Waals surface area (Å²) in [6, 6.07) is 4.76. The minimum atomic E-state index is -0.647. The number of rotatable bonds is 4. The van der Waals surface area contributed by atoms with Crippen LogP contribution in [0.4, 0.5) is 0 Å². The van der Waals surface area contributed by atoms with Gasteiger partial charge in [0.15, 0.2) is 0 Å². The van der Waals surface area contributed by atoms with Gasteiger partial charge in [0, 0.05) is 18.3 Å². The average molecular weight is 223 g/mol. The number of amides is 1. The van der Waals surface area contributed by atoms with Gasteiger partial charge in [0.2, 0.25) is 0 Å². The lowest BCUT2D eigenvalue weighted by Gasteiger charge is -2.15. The minimum absolute atomic E-state index is 0.228. The Morgan fingerprint density at radius 1 is 1.62 bits per heavy atom. The lowest BCUT2D eigenvalue weighted by atomic mass is 10.2. The van der Waals surface area contributed by atoms with Crippen molar-refractivity contribution in [2.45, 2.75) is 26.0 Å². The molecule has 4 N–H and O–H groups in total. The predicted molar refractivity (Wildman–Crippen MR) is 61.0 cm³/mol. The van der Waals surface area contributed by atoms with E-state index in [9.17, 15) is 4.79 Å². The van der Waals surface area contributed by atoms with Gasteiger partial charge < -0.3 is 16.2 Å². The first-order valence-corrected chi connectivity index (χ1v) is 5.16. The molecule has 0 bridgehead atoms. The molecule has 0 spiro atoms. The van der Waals surface area contributed by atoms with Gasteiger partial charge in [-0.2, -0.15) is 0 Å². The SMILES string of the molecule is Cc1cccc(C(=O)NCC(N)C(C)O)n1. The topological polar surface area (TPSA) is 88.2 Å². The first kappa shape index (κ1) is 12.6. The number of nitrogens with two attached hydrogens (primary N) is 1. The molecule has 88 valence electrons. The fraction of sp³-hybridized carbons (Fsp3) is 0.455. The fourth-order valence-electron chi connectivity index (χ4n) is 1.14. The maximum atomic E-state index is 11.6. The monoisotopic (exact) mass is 223 g/mol. The molecule has 0 radical (unpaired) electrons. The summed E-state index contributed by atoms with van der Waals surface area (Å²) in [5, 5.41) is 11.8. The Hall–Kier alpha value is -1.46. The molecule has 2 atom stereocenters. The van der Waals surface area contributed by atoms with E-state index in [1.54, 1.807) is 19.1 Å². The molecule has 5 heteroatoms. The molecular formula is C11H17N3O2. The number of aryl methyl sites for hydroxylation is 1. The second-order valence-electron chi connectivity index (χ2n) is 3.78. The van der Waals surface area contributed by atoms with Gasteiger partial charge >= 0.3 is 0 Å². The van der Waals surface area contributed by atoms with Crippen LogP contribution < -0.4 is 11.1 Å². The Bertz CT molecular complexity index is 366. The molecule has 2 unspecified atom stereocenters. The number of aliphatic hydroxyl groups is 1. The molecule has 0 aliphatic rings. The molecule has 0 aliphatic carbocycles. The summed E-state index contributed by atoms with van der Waals surface area (Å²) in [6.45, 7) is 3.63.